The number of thiazole rings is 1. The Hall–Kier alpha value is -2.49. The van der Waals surface area contributed by atoms with Crippen molar-refractivity contribution in [1.29, 1.82) is 0 Å². The summed E-state index contributed by atoms with van der Waals surface area (Å²) in [7, 11) is 0. The van der Waals surface area contributed by atoms with Crippen LogP contribution in [0.2, 0.25) is 0 Å². The molecule has 0 unspecified atom stereocenters. The molecule has 2 atom stereocenters. The largest absolute Gasteiger partial charge is 0.338 e. The van der Waals surface area contributed by atoms with Gasteiger partial charge in [-0.25, -0.2) is 19.4 Å². The monoisotopic (exact) mass is 389 g/mol. The maximum Gasteiger partial charge on any atom is 0.315 e. The number of aromatic nitrogens is 4. The van der Waals surface area contributed by atoms with Crippen molar-refractivity contribution >= 4 is 23.3 Å². The van der Waals surface area contributed by atoms with Crippen LogP contribution in [-0.4, -0.2) is 56.2 Å². The van der Waals surface area contributed by atoms with Gasteiger partial charge in [0.15, 0.2) is 0 Å². The highest BCUT2D eigenvalue weighted by molar-refractivity contribution is 7.09. The highest BCUT2D eigenvalue weighted by atomic mass is 32.1. The van der Waals surface area contributed by atoms with E-state index in [1.54, 1.807) is 0 Å². The Morgan fingerprint density at radius 3 is 2.93 bits per heavy atom. The fourth-order valence-electron chi connectivity index (χ4n) is 4.11. The van der Waals surface area contributed by atoms with Crippen LogP contribution in [0.5, 0.6) is 0 Å². The van der Waals surface area contributed by atoms with Crippen LogP contribution in [0.15, 0.2) is 11.7 Å². The average Bonchev–Trinajstić information content (AvgIpc) is 3.37. The fourth-order valence-corrected chi connectivity index (χ4v) is 4.70. The smallest absolute Gasteiger partial charge is 0.315 e. The quantitative estimate of drug-likeness (QED) is 0.824. The standard InChI is InChI=1S/C17H23N7O2S/c1-3-18-16(26)22-13-14-19-10-20-24(14)7-5-17(13)4-6-23(9-17)15(25)12-8-27-11(2)21-12/h8,10,13H,3-7,9H2,1-2H3,(H2,18,22,26)/t13-,17-/m1/s1. The van der Waals surface area contributed by atoms with Crippen molar-refractivity contribution in [3.05, 3.63) is 28.2 Å². The molecule has 0 saturated carbocycles. The molecule has 10 heteroatoms. The summed E-state index contributed by atoms with van der Waals surface area (Å²) in [5.74, 6) is 0.714. The minimum absolute atomic E-state index is 0.0416. The van der Waals surface area contributed by atoms with Gasteiger partial charge in [-0.1, -0.05) is 0 Å². The number of hydrogen-bond donors (Lipinski definition) is 2. The van der Waals surface area contributed by atoms with E-state index in [9.17, 15) is 9.59 Å². The van der Waals surface area contributed by atoms with Gasteiger partial charge in [0.1, 0.15) is 17.8 Å². The van der Waals surface area contributed by atoms with Crippen LogP contribution in [0.25, 0.3) is 0 Å². The summed E-state index contributed by atoms with van der Waals surface area (Å²) in [5.41, 5.74) is 0.260. The number of nitrogens with zero attached hydrogens (tertiary/aromatic N) is 5. The van der Waals surface area contributed by atoms with E-state index in [4.69, 9.17) is 0 Å². The highest BCUT2D eigenvalue weighted by Crippen LogP contribution is 2.47. The SMILES string of the molecule is CCNC(=O)N[C@@H]1c2ncnn2CC[C@@]12CCN(C(=O)c1csc(C)n1)C2. The van der Waals surface area contributed by atoms with Crippen molar-refractivity contribution in [1.82, 2.24) is 35.3 Å². The maximum atomic E-state index is 12.9. The lowest BCUT2D eigenvalue weighted by Gasteiger charge is -2.40. The van der Waals surface area contributed by atoms with Gasteiger partial charge in [-0.15, -0.1) is 11.3 Å². The van der Waals surface area contributed by atoms with E-state index in [-0.39, 0.29) is 23.4 Å². The van der Waals surface area contributed by atoms with E-state index in [0.29, 0.717) is 25.3 Å². The van der Waals surface area contributed by atoms with Gasteiger partial charge >= 0.3 is 6.03 Å². The zero-order valence-electron chi connectivity index (χ0n) is 15.4. The third-order valence-electron chi connectivity index (χ3n) is 5.46. The molecule has 2 aliphatic rings. The Morgan fingerprint density at radius 2 is 2.19 bits per heavy atom. The Morgan fingerprint density at radius 1 is 1.37 bits per heavy atom. The van der Waals surface area contributed by atoms with Crippen molar-refractivity contribution in [2.45, 2.75) is 39.3 Å². The lowest BCUT2D eigenvalue weighted by atomic mass is 9.74. The second-order valence-corrected chi connectivity index (χ2v) is 8.18. The van der Waals surface area contributed by atoms with Crippen molar-refractivity contribution in [3.8, 4) is 0 Å². The first-order valence-electron chi connectivity index (χ1n) is 9.16. The van der Waals surface area contributed by atoms with Crippen LogP contribution in [0.3, 0.4) is 0 Å². The summed E-state index contributed by atoms with van der Waals surface area (Å²) < 4.78 is 1.84. The number of urea groups is 1. The lowest BCUT2D eigenvalue weighted by Crippen LogP contribution is -2.50. The van der Waals surface area contributed by atoms with Crippen LogP contribution in [0.4, 0.5) is 4.79 Å². The van der Waals surface area contributed by atoms with Crippen LogP contribution in [0, 0.1) is 12.3 Å². The molecular weight excluding hydrogens is 366 g/mol. The summed E-state index contributed by atoms with van der Waals surface area (Å²) in [6, 6.07) is -0.506. The molecule has 2 aromatic heterocycles. The van der Waals surface area contributed by atoms with Gasteiger partial charge in [0, 0.05) is 37.0 Å². The van der Waals surface area contributed by atoms with Gasteiger partial charge in [-0.05, 0) is 26.7 Å². The summed E-state index contributed by atoms with van der Waals surface area (Å²) in [5, 5.41) is 12.8. The second-order valence-electron chi connectivity index (χ2n) is 7.12. The normalized spacial score (nSPS) is 24.1. The third-order valence-corrected chi connectivity index (χ3v) is 6.23. The Labute approximate surface area is 161 Å². The summed E-state index contributed by atoms with van der Waals surface area (Å²) >= 11 is 1.48. The van der Waals surface area contributed by atoms with Crippen LogP contribution in [0.1, 0.15) is 47.1 Å². The first kappa shape index (κ1) is 17.9. The summed E-state index contributed by atoms with van der Waals surface area (Å²) in [6.07, 6.45) is 3.17. The highest BCUT2D eigenvalue weighted by Gasteiger charge is 2.51. The molecule has 0 radical (unpaired) electrons. The maximum absolute atomic E-state index is 12.9. The third kappa shape index (κ3) is 3.18. The number of nitrogens with one attached hydrogen (secondary N) is 2. The number of likely N-dealkylation sites (tertiary alicyclic amines) is 1. The minimum atomic E-state index is -0.282. The van der Waals surface area contributed by atoms with E-state index < -0.39 is 0 Å². The molecule has 3 amide bonds. The molecule has 4 heterocycles. The molecule has 144 valence electrons. The Kier molecular flexibility index (Phi) is 4.58. The Bertz CT molecular complexity index is 863. The first-order valence-corrected chi connectivity index (χ1v) is 10.0. The lowest BCUT2D eigenvalue weighted by molar-refractivity contribution is 0.0729. The first-order chi connectivity index (χ1) is 13.0. The minimum Gasteiger partial charge on any atom is -0.338 e. The predicted molar refractivity (Wildman–Crippen MR) is 99.4 cm³/mol. The molecular formula is C17H23N7O2S. The molecule has 0 aliphatic carbocycles. The van der Waals surface area contributed by atoms with Gasteiger partial charge in [0.2, 0.25) is 0 Å². The molecule has 1 saturated heterocycles. The molecule has 2 aromatic rings. The number of rotatable bonds is 3. The van der Waals surface area contributed by atoms with Gasteiger partial charge in [0.25, 0.3) is 5.91 Å². The summed E-state index contributed by atoms with van der Waals surface area (Å²) in [4.78, 5) is 35.7. The number of amides is 3. The molecule has 0 bridgehead atoms. The Balaban J connectivity index is 1.59. The van der Waals surface area contributed by atoms with E-state index in [1.165, 1.54) is 17.7 Å². The molecule has 2 aliphatic heterocycles. The van der Waals surface area contributed by atoms with Gasteiger partial charge in [-0.3, -0.25) is 4.79 Å². The molecule has 9 nitrogen and oxygen atoms in total. The number of fused-ring (bicyclic) bond motifs is 1. The molecule has 27 heavy (non-hydrogen) atoms. The van der Waals surface area contributed by atoms with Crippen molar-refractivity contribution in [3.63, 3.8) is 0 Å². The van der Waals surface area contributed by atoms with E-state index >= 15 is 0 Å². The second kappa shape index (κ2) is 6.91. The van der Waals surface area contributed by atoms with Gasteiger partial charge in [-0.2, -0.15) is 5.10 Å². The molecule has 1 spiro atoms. The van der Waals surface area contributed by atoms with Crippen molar-refractivity contribution < 1.29 is 9.59 Å². The number of carbonyl (C=O) groups is 2. The molecule has 2 N–H and O–H groups in total. The number of hydrogen-bond acceptors (Lipinski definition) is 6. The van der Waals surface area contributed by atoms with Gasteiger partial charge in [0.05, 0.1) is 11.0 Å². The van der Waals surface area contributed by atoms with Crippen molar-refractivity contribution in [2.75, 3.05) is 19.6 Å². The van der Waals surface area contributed by atoms with E-state index in [0.717, 1.165) is 30.2 Å². The molecule has 0 aromatic carbocycles. The zero-order chi connectivity index (χ0) is 19.0. The predicted octanol–water partition coefficient (Wildman–Crippen LogP) is 1.34. The zero-order valence-corrected chi connectivity index (χ0v) is 16.3. The van der Waals surface area contributed by atoms with Crippen LogP contribution in [-0.2, 0) is 6.54 Å². The van der Waals surface area contributed by atoms with Crippen LogP contribution >= 0.6 is 11.3 Å². The fraction of sp³-hybridized carbons (Fsp3) is 0.588. The number of carbonyl (C=O) groups excluding carboxylic acids is 2. The van der Waals surface area contributed by atoms with Gasteiger partial charge < -0.3 is 15.5 Å². The van der Waals surface area contributed by atoms with E-state index in [1.807, 2.05) is 28.8 Å². The number of aryl methyl sites for hydroxylation is 2. The van der Waals surface area contributed by atoms with E-state index in [2.05, 4.69) is 25.7 Å². The topological polar surface area (TPSA) is 105 Å². The summed E-state index contributed by atoms with van der Waals surface area (Å²) in [6.45, 7) is 6.29. The molecule has 4 rings (SSSR count). The molecule has 1 fully saturated rings. The average molecular weight is 389 g/mol. The van der Waals surface area contributed by atoms with Crippen LogP contribution < -0.4 is 10.6 Å². The van der Waals surface area contributed by atoms with Crippen molar-refractivity contribution in [2.24, 2.45) is 5.41 Å².